The molecule has 0 bridgehead atoms. The number of hydrogen-bond acceptors (Lipinski definition) is 4. The van der Waals surface area contributed by atoms with E-state index in [2.05, 4.69) is 4.98 Å². The van der Waals surface area contributed by atoms with Gasteiger partial charge in [0.1, 0.15) is 5.52 Å². The van der Waals surface area contributed by atoms with Crippen LogP contribution in [0.3, 0.4) is 0 Å². The van der Waals surface area contributed by atoms with Gasteiger partial charge in [0.25, 0.3) is 0 Å². The van der Waals surface area contributed by atoms with Crippen molar-refractivity contribution in [3.63, 3.8) is 0 Å². The molecule has 0 radical (unpaired) electrons. The number of rotatable bonds is 1. The molecule has 0 aliphatic heterocycles. The van der Waals surface area contributed by atoms with Gasteiger partial charge >= 0.3 is 5.69 Å². The van der Waals surface area contributed by atoms with Crippen molar-refractivity contribution in [1.82, 2.24) is 4.98 Å². The first-order chi connectivity index (χ1) is 7.09. The van der Waals surface area contributed by atoms with Crippen LogP contribution >= 0.6 is 0 Å². The molecule has 5 heteroatoms. The van der Waals surface area contributed by atoms with Crippen LogP contribution in [-0.4, -0.2) is 15.0 Å². The van der Waals surface area contributed by atoms with Crippen molar-refractivity contribution >= 4 is 16.6 Å². The molecule has 0 aliphatic carbocycles. The topological polar surface area (TPSA) is 76.3 Å². The van der Waals surface area contributed by atoms with Gasteiger partial charge in [0.2, 0.25) is 5.75 Å². The van der Waals surface area contributed by atoms with Crippen LogP contribution in [0.25, 0.3) is 10.9 Å². The minimum Gasteiger partial charge on any atom is -0.501 e. The highest BCUT2D eigenvalue weighted by atomic mass is 16.6. The number of aryl methyl sites for hydroxylation is 1. The summed E-state index contributed by atoms with van der Waals surface area (Å²) >= 11 is 0. The van der Waals surface area contributed by atoms with Gasteiger partial charge in [0.15, 0.2) is 0 Å². The second kappa shape index (κ2) is 3.20. The molecule has 0 spiro atoms. The molecule has 2 aromatic rings. The Morgan fingerprint density at radius 3 is 2.87 bits per heavy atom. The molecule has 0 saturated heterocycles. The van der Waals surface area contributed by atoms with E-state index in [4.69, 9.17) is 0 Å². The number of benzene rings is 1. The number of nitro groups is 1. The first kappa shape index (κ1) is 9.39. The fraction of sp³-hybridized carbons (Fsp3) is 0.100. The third-order valence-corrected chi connectivity index (χ3v) is 2.14. The lowest BCUT2D eigenvalue weighted by atomic mass is 10.1. The summed E-state index contributed by atoms with van der Waals surface area (Å²) in [4.78, 5) is 13.9. The molecule has 0 saturated carbocycles. The Morgan fingerprint density at radius 2 is 2.20 bits per heavy atom. The predicted molar refractivity (Wildman–Crippen MR) is 54.8 cm³/mol. The molecule has 0 aliphatic rings. The molecule has 0 atom stereocenters. The average molecular weight is 204 g/mol. The fourth-order valence-electron chi connectivity index (χ4n) is 1.43. The summed E-state index contributed by atoms with van der Waals surface area (Å²) in [6, 6.07) is 4.66. The first-order valence-electron chi connectivity index (χ1n) is 4.32. The molecule has 5 nitrogen and oxygen atoms in total. The predicted octanol–water partition coefficient (Wildman–Crippen LogP) is 2.16. The van der Waals surface area contributed by atoms with Crippen LogP contribution in [0.1, 0.15) is 5.56 Å². The van der Waals surface area contributed by atoms with Crippen molar-refractivity contribution in [2.75, 3.05) is 0 Å². The Bertz CT molecular complexity index is 552. The molecule has 15 heavy (non-hydrogen) atoms. The van der Waals surface area contributed by atoms with Gasteiger partial charge in [0.05, 0.1) is 4.92 Å². The van der Waals surface area contributed by atoms with E-state index in [1.165, 1.54) is 6.07 Å². The normalized spacial score (nSPS) is 10.5. The van der Waals surface area contributed by atoms with Gasteiger partial charge < -0.3 is 5.11 Å². The number of phenolic OH excluding ortho intramolecular Hbond substituents is 1. The highest BCUT2D eigenvalue weighted by molar-refractivity contribution is 5.88. The molecule has 2 rings (SSSR count). The minimum absolute atomic E-state index is 0.259. The zero-order valence-electron chi connectivity index (χ0n) is 7.97. The van der Waals surface area contributed by atoms with Crippen molar-refractivity contribution in [1.29, 1.82) is 0 Å². The zero-order chi connectivity index (χ0) is 11.0. The second-order valence-electron chi connectivity index (χ2n) is 3.27. The van der Waals surface area contributed by atoms with Crippen molar-refractivity contribution < 1.29 is 10.0 Å². The van der Waals surface area contributed by atoms with Gasteiger partial charge in [0, 0.05) is 17.6 Å². The summed E-state index contributed by atoms with van der Waals surface area (Å²) in [6.07, 6.45) is 1.56. The average Bonchev–Trinajstić information content (AvgIpc) is 2.17. The molecule has 76 valence electrons. The van der Waals surface area contributed by atoms with E-state index >= 15 is 0 Å². The smallest absolute Gasteiger partial charge is 0.313 e. The third kappa shape index (κ3) is 1.48. The van der Waals surface area contributed by atoms with E-state index in [0.29, 0.717) is 5.39 Å². The van der Waals surface area contributed by atoms with Crippen LogP contribution in [0.5, 0.6) is 5.75 Å². The minimum atomic E-state index is -0.629. The zero-order valence-corrected chi connectivity index (χ0v) is 7.97. The Balaban J connectivity index is 2.80. The maximum absolute atomic E-state index is 10.6. The van der Waals surface area contributed by atoms with Crippen molar-refractivity contribution in [2.45, 2.75) is 6.92 Å². The molecular formula is C10H8N2O3. The Morgan fingerprint density at radius 1 is 1.47 bits per heavy atom. The highest BCUT2D eigenvalue weighted by Crippen LogP contribution is 2.32. The number of fused-ring (bicyclic) bond motifs is 1. The molecule has 1 heterocycles. The number of aromatic hydroxyl groups is 1. The van der Waals surface area contributed by atoms with Crippen LogP contribution in [0, 0.1) is 17.0 Å². The van der Waals surface area contributed by atoms with Crippen LogP contribution < -0.4 is 0 Å². The second-order valence-corrected chi connectivity index (χ2v) is 3.27. The number of nitro benzene ring substituents is 1. The van der Waals surface area contributed by atoms with E-state index in [1.807, 2.05) is 13.0 Å². The van der Waals surface area contributed by atoms with Gasteiger partial charge in [-0.15, -0.1) is 0 Å². The number of phenols is 1. The van der Waals surface area contributed by atoms with Crippen LogP contribution in [0.2, 0.25) is 0 Å². The summed E-state index contributed by atoms with van der Waals surface area (Å²) in [5.41, 5.74) is 0.879. The molecule has 0 fully saturated rings. The van der Waals surface area contributed by atoms with Crippen molar-refractivity contribution in [3.05, 3.63) is 40.1 Å². The Labute approximate surface area is 85.1 Å². The molecule has 1 N–H and O–H groups in total. The molecule has 1 aromatic heterocycles. The Hall–Kier alpha value is -2.17. The highest BCUT2D eigenvalue weighted by Gasteiger charge is 2.16. The van der Waals surface area contributed by atoms with Gasteiger partial charge in [-0.3, -0.25) is 15.1 Å². The quantitative estimate of drug-likeness (QED) is 0.570. The third-order valence-electron chi connectivity index (χ3n) is 2.14. The van der Waals surface area contributed by atoms with Gasteiger partial charge in [-0.25, -0.2) is 0 Å². The van der Waals surface area contributed by atoms with Crippen LogP contribution in [0.15, 0.2) is 24.4 Å². The van der Waals surface area contributed by atoms with Crippen molar-refractivity contribution in [2.24, 2.45) is 0 Å². The molecule has 0 unspecified atom stereocenters. The summed E-state index contributed by atoms with van der Waals surface area (Å²) in [5, 5.41) is 20.8. The summed E-state index contributed by atoms with van der Waals surface area (Å²) in [5.74, 6) is -0.377. The van der Waals surface area contributed by atoms with Crippen molar-refractivity contribution in [3.8, 4) is 5.75 Å². The lowest BCUT2D eigenvalue weighted by Crippen LogP contribution is -1.90. The van der Waals surface area contributed by atoms with Gasteiger partial charge in [-0.1, -0.05) is 0 Å². The number of aromatic nitrogens is 1. The van der Waals surface area contributed by atoms with E-state index in [9.17, 15) is 15.2 Å². The maximum atomic E-state index is 10.6. The molecule has 1 aromatic carbocycles. The van der Waals surface area contributed by atoms with Gasteiger partial charge in [-0.05, 0) is 24.6 Å². The van der Waals surface area contributed by atoms with Crippen LogP contribution in [-0.2, 0) is 0 Å². The number of hydrogen-bond donors (Lipinski definition) is 1. The summed E-state index contributed by atoms with van der Waals surface area (Å²) in [7, 11) is 0. The van der Waals surface area contributed by atoms with E-state index in [0.717, 1.165) is 5.56 Å². The van der Waals surface area contributed by atoms with E-state index in [-0.39, 0.29) is 17.0 Å². The molecular weight excluding hydrogens is 196 g/mol. The summed E-state index contributed by atoms with van der Waals surface area (Å²) < 4.78 is 0. The lowest BCUT2D eigenvalue weighted by Gasteiger charge is -2.01. The standard InChI is InChI=1S/C10H8N2O3/c1-6-4-7-2-3-8(12(14)15)10(13)9(7)11-5-6/h2-5,13H,1H3. The van der Waals surface area contributed by atoms with Crippen LogP contribution in [0.4, 0.5) is 5.69 Å². The number of nitrogens with zero attached hydrogens (tertiary/aromatic N) is 2. The lowest BCUT2D eigenvalue weighted by molar-refractivity contribution is -0.385. The maximum Gasteiger partial charge on any atom is 0.313 e. The van der Waals surface area contributed by atoms with E-state index in [1.54, 1.807) is 12.3 Å². The fourth-order valence-corrected chi connectivity index (χ4v) is 1.43. The monoisotopic (exact) mass is 204 g/mol. The Kier molecular flexibility index (Phi) is 2.00. The summed E-state index contributed by atoms with van der Waals surface area (Å²) in [6.45, 7) is 1.87. The molecule has 0 amide bonds. The first-order valence-corrected chi connectivity index (χ1v) is 4.32. The van der Waals surface area contributed by atoms with E-state index < -0.39 is 4.92 Å². The largest absolute Gasteiger partial charge is 0.501 e. The van der Waals surface area contributed by atoms with Gasteiger partial charge in [-0.2, -0.15) is 0 Å². The SMILES string of the molecule is Cc1cnc2c(O)c([N+](=O)[O-])ccc2c1. The number of pyridine rings is 1.